The van der Waals surface area contributed by atoms with Gasteiger partial charge in [-0.05, 0) is 13.0 Å². The van der Waals surface area contributed by atoms with Gasteiger partial charge in [0.25, 0.3) is 0 Å². The van der Waals surface area contributed by atoms with E-state index in [4.69, 9.17) is 0 Å². The molecule has 0 aliphatic carbocycles. The number of rotatable bonds is 10. The summed E-state index contributed by atoms with van der Waals surface area (Å²) in [4.78, 5) is 11.4. The highest BCUT2D eigenvalue weighted by molar-refractivity contribution is 7.89. The quantitative estimate of drug-likeness (QED) is 0.484. The zero-order valence-corrected chi connectivity index (χ0v) is 12.3. The Kier molecular flexibility index (Phi) is 8.95. The van der Waals surface area contributed by atoms with Crippen molar-refractivity contribution in [2.24, 2.45) is 0 Å². The molecule has 0 aliphatic rings. The van der Waals surface area contributed by atoms with Crippen LogP contribution in [0.4, 0.5) is 0 Å². The van der Waals surface area contributed by atoms with Gasteiger partial charge < -0.3 is 10.6 Å². The van der Waals surface area contributed by atoms with E-state index in [0.717, 1.165) is 13.0 Å². The zero-order chi connectivity index (χ0) is 14.0. The highest BCUT2D eigenvalue weighted by Gasteiger charge is 2.08. The lowest BCUT2D eigenvalue weighted by atomic mass is 10.3. The number of carbonyl (C=O) groups excluding carboxylic acids is 1. The van der Waals surface area contributed by atoms with Crippen molar-refractivity contribution in [2.45, 2.75) is 39.7 Å². The number of sulfonamides is 1. The molecule has 18 heavy (non-hydrogen) atoms. The predicted octanol–water partition coefficient (Wildman–Crippen LogP) is -0.180. The fourth-order valence-electron chi connectivity index (χ4n) is 1.34. The van der Waals surface area contributed by atoms with E-state index in [2.05, 4.69) is 15.4 Å². The Morgan fingerprint density at radius 1 is 1.22 bits per heavy atom. The molecule has 0 aromatic rings. The first-order valence-electron chi connectivity index (χ1n) is 6.34. The first kappa shape index (κ1) is 17.3. The van der Waals surface area contributed by atoms with Crippen LogP contribution in [-0.2, 0) is 14.8 Å². The molecule has 0 aromatic heterocycles. The normalized spacial score (nSPS) is 11.8. The van der Waals surface area contributed by atoms with Crippen LogP contribution in [0.2, 0.25) is 0 Å². The minimum absolute atomic E-state index is 0.0726. The SMILES string of the molecule is CCNS(=O)(=O)CCNC(=O)CCCNC(C)C. The van der Waals surface area contributed by atoms with Crippen molar-refractivity contribution in [3.63, 3.8) is 0 Å². The second kappa shape index (κ2) is 9.29. The Labute approximate surface area is 110 Å². The largest absolute Gasteiger partial charge is 0.355 e. The molecule has 108 valence electrons. The molecule has 7 heteroatoms. The Morgan fingerprint density at radius 2 is 1.89 bits per heavy atom. The number of carbonyl (C=O) groups is 1. The maximum absolute atomic E-state index is 11.4. The summed E-state index contributed by atoms with van der Waals surface area (Å²) in [7, 11) is -3.24. The first-order chi connectivity index (χ1) is 8.37. The molecular formula is C11H25N3O3S. The molecule has 0 bridgehead atoms. The van der Waals surface area contributed by atoms with Crippen molar-refractivity contribution in [2.75, 3.05) is 25.4 Å². The molecule has 0 saturated carbocycles. The Bertz CT molecular complexity index is 328. The van der Waals surface area contributed by atoms with Gasteiger partial charge in [0.2, 0.25) is 15.9 Å². The van der Waals surface area contributed by atoms with Crippen LogP contribution in [0.25, 0.3) is 0 Å². The van der Waals surface area contributed by atoms with E-state index in [0.29, 0.717) is 19.0 Å². The van der Waals surface area contributed by atoms with Crippen molar-refractivity contribution >= 4 is 15.9 Å². The van der Waals surface area contributed by atoms with E-state index in [1.54, 1.807) is 6.92 Å². The van der Waals surface area contributed by atoms with Crippen molar-refractivity contribution in [3.05, 3.63) is 0 Å². The molecule has 3 N–H and O–H groups in total. The van der Waals surface area contributed by atoms with Crippen molar-refractivity contribution in [3.8, 4) is 0 Å². The summed E-state index contributed by atoms with van der Waals surface area (Å²) in [6.45, 7) is 7.14. The molecule has 0 rings (SSSR count). The van der Waals surface area contributed by atoms with E-state index in [1.807, 2.05) is 13.8 Å². The summed E-state index contributed by atoms with van der Waals surface area (Å²) in [6, 6.07) is 0.415. The van der Waals surface area contributed by atoms with Gasteiger partial charge in [-0.3, -0.25) is 4.79 Å². The monoisotopic (exact) mass is 279 g/mol. The number of amides is 1. The third-order valence-corrected chi connectivity index (χ3v) is 3.66. The van der Waals surface area contributed by atoms with Crippen LogP contribution in [-0.4, -0.2) is 45.8 Å². The molecule has 0 radical (unpaired) electrons. The lowest BCUT2D eigenvalue weighted by Gasteiger charge is -2.08. The van der Waals surface area contributed by atoms with Gasteiger partial charge in [0.15, 0.2) is 0 Å². The predicted molar refractivity (Wildman–Crippen MR) is 72.8 cm³/mol. The Morgan fingerprint density at radius 3 is 2.44 bits per heavy atom. The summed E-state index contributed by atoms with van der Waals surface area (Å²) < 4.78 is 24.9. The van der Waals surface area contributed by atoms with Crippen LogP contribution in [0.15, 0.2) is 0 Å². The molecule has 0 spiro atoms. The summed E-state index contributed by atoms with van der Waals surface area (Å²) in [5, 5.41) is 5.81. The fourth-order valence-corrected chi connectivity index (χ4v) is 2.30. The molecule has 0 fully saturated rings. The summed E-state index contributed by atoms with van der Waals surface area (Å²) in [5.74, 6) is -0.177. The van der Waals surface area contributed by atoms with Crippen LogP contribution < -0.4 is 15.4 Å². The third-order valence-electron chi connectivity index (χ3n) is 2.19. The van der Waals surface area contributed by atoms with Crippen molar-refractivity contribution < 1.29 is 13.2 Å². The van der Waals surface area contributed by atoms with Crippen LogP contribution in [0.1, 0.15) is 33.6 Å². The second-order valence-electron chi connectivity index (χ2n) is 4.38. The first-order valence-corrected chi connectivity index (χ1v) is 8.00. The third kappa shape index (κ3) is 10.5. The minimum atomic E-state index is -3.24. The van der Waals surface area contributed by atoms with Gasteiger partial charge in [-0.1, -0.05) is 20.8 Å². The van der Waals surface area contributed by atoms with E-state index < -0.39 is 10.0 Å². The van der Waals surface area contributed by atoms with Crippen LogP contribution >= 0.6 is 0 Å². The van der Waals surface area contributed by atoms with Gasteiger partial charge in [-0.2, -0.15) is 0 Å². The topological polar surface area (TPSA) is 87.3 Å². The number of nitrogens with one attached hydrogen (secondary N) is 3. The molecule has 0 atom stereocenters. The van der Waals surface area contributed by atoms with Gasteiger partial charge in [0, 0.05) is 25.6 Å². The maximum atomic E-state index is 11.4. The smallest absolute Gasteiger partial charge is 0.220 e. The number of hydrogen-bond acceptors (Lipinski definition) is 4. The average molecular weight is 279 g/mol. The van der Waals surface area contributed by atoms with Crippen LogP contribution in [0.3, 0.4) is 0 Å². The Balaban J connectivity index is 3.59. The van der Waals surface area contributed by atoms with Crippen molar-refractivity contribution in [1.29, 1.82) is 0 Å². The second-order valence-corrected chi connectivity index (χ2v) is 6.31. The van der Waals surface area contributed by atoms with Crippen molar-refractivity contribution in [1.82, 2.24) is 15.4 Å². The summed E-state index contributed by atoms with van der Waals surface area (Å²) in [5.41, 5.74) is 0. The summed E-state index contributed by atoms with van der Waals surface area (Å²) in [6.07, 6.45) is 1.17. The lowest BCUT2D eigenvalue weighted by Crippen LogP contribution is -2.34. The zero-order valence-electron chi connectivity index (χ0n) is 11.5. The molecule has 0 unspecified atom stereocenters. The minimum Gasteiger partial charge on any atom is -0.355 e. The standard InChI is InChI=1S/C11H25N3O3S/c1-4-14-18(16,17)9-8-13-11(15)6-5-7-12-10(2)3/h10,12,14H,4-9H2,1-3H3,(H,13,15). The fraction of sp³-hybridized carbons (Fsp3) is 0.909. The van der Waals surface area contributed by atoms with E-state index >= 15 is 0 Å². The molecule has 6 nitrogen and oxygen atoms in total. The lowest BCUT2D eigenvalue weighted by molar-refractivity contribution is -0.121. The highest BCUT2D eigenvalue weighted by Crippen LogP contribution is 1.89. The van der Waals surface area contributed by atoms with E-state index in [-0.39, 0.29) is 18.2 Å². The molecule has 0 aliphatic heterocycles. The molecule has 0 saturated heterocycles. The maximum Gasteiger partial charge on any atom is 0.220 e. The molecule has 0 aromatic carbocycles. The van der Waals surface area contributed by atoms with Gasteiger partial charge in [0.05, 0.1) is 5.75 Å². The molecule has 0 heterocycles. The molecular weight excluding hydrogens is 254 g/mol. The van der Waals surface area contributed by atoms with Gasteiger partial charge in [-0.15, -0.1) is 0 Å². The average Bonchev–Trinajstić information content (AvgIpc) is 2.23. The van der Waals surface area contributed by atoms with Gasteiger partial charge in [-0.25, -0.2) is 13.1 Å². The summed E-state index contributed by atoms with van der Waals surface area (Å²) >= 11 is 0. The van der Waals surface area contributed by atoms with E-state index in [9.17, 15) is 13.2 Å². The van der Waals surface area contributed by atoms with Gasteiger partial charge in [0.1, 0.15) is 0 Å². The molecule has 1 amide bonds. The highest BCUT2D eigenvalue weighted by atomic mass is 32.2. The van der Waals surface area contributed by atoms with E-state index in [1.165, 1.54) is 0 Å². The Hall–Kier alpha value is -0.660. The van der Waals surface area contributed by atoms with Crippen LogP contribution in [0.5, 0.6) is 0 Å². The number of hydrogen-bond donors (Lipinski definition) is 3. The van der Waals surface area contributed by atoms with Crippen LogP contribution in [0, 0.1) is 0 Å². The van der Waals surface area contributed by atoms with Gasteiger partial charge >= 0.3 is 0 Å².